The van der Waals surface area contributed by atoms with Gasteiger partial charge in [-0.2, -0.15) is 0 Å². The summed E-state index contributed by atoms with van der Waals surface area (Å²) in [4.78, 5) is 0. The van der Waals surface area contributed by atoms with Crippen LogP contribution in [-0.2, 0) is 12.8 Å². The number of halogens is 2. The molecule has 0 unspecified atom stereocenters. The maximum absolute atomic E-state index is 12.3. The minimum absolute atomic E-state index is 0.222. The fourth-order valence-electron chi connectivity index (χ4n) is 1.44. The van der Waals surface area contributed by atoms with Gasteiger partial charge in [0, 0.05) is 12.8 Å². The van der Waals surface area contributed by atoms with Crippen molar-refractivity contribution in [3.05, 3.63) is 71.3 Å². The molecule has 0 aliphatic heterocycles. The van der Waals surface area contributed by atoms with Crippen LogP contribution in [0, 0.1) is 36.3 Å². The van der Waals surface area contributed by atoms with Crippen LogP contribution in [0.5, 0.6) is 0 Å². The molecule has 0 aromatic heterocycles. The second-order valence-electron chi connectivity index (χ2n) is 4.01. The molecule has 100 valence electrons. The zero-order chi connectivity index (χ0) is 14.8. The SMILES string of the molecule is C#CCc1ccc(F)cc1.C#CCc1ccc(F)cc1. The summed E-state index contributed by atoms with van der Waals surface area (Å²) in [7, 11) is 0. The Kier molecular flexibility index (Phi) is 6.59. The average molecular weight is 268 g/mol. The first-order valence-electron chi connectivity index (χ1n) is 6.01. The maximum atomic E-state index is 12.3. The molecule has 0 nitrogen and oxygen atoms in total. The van der Waals surface area contributed by atoms with Crippen LogP contribution in [0.2, 0.25) is 0 Å². The Morgan fingerprint density at radius 1 is 0.650 bits per heavy atom. The highest BCUT2D eigenvalue weighted by Crippen LogP contribution is 2.02. The number of rotatable bonds is 2. The quantitative estimate of drug-likeness (QED) is 0.722. The second kappa shape index (κ2) is 8.51. The summed E-state index contributed by atoms with van der Waals surface area (Å²) in [5.41, 5.74) is 1.95. The van der Waals surface area contributed by atoms with Gasteiger partial charge in [-0.05, 0) is 35.4 Å². The van der Waals surface area contributed by atoms with Crippen LogP contribution >= 0.6 is 0 Å². The Morgan fingerprint density at radius 3 is 1.20 bits per heavy atom. The lowest BCUT2D eigenvalue weighted by molar-refractivity contribution is 0.627. The Balaban J connectivity index is 0.000000200. The molecule has 0 aliphatic carbocycles. The van der Waals surface area contributed by atoms with Crippen LogP contribution in [0.15, 0.2) is 48.5 Å². The van der Waals surface area contributed by atoms with E-state index in [0.717, 1.165) is 11.1 Å². The van der Waals surface area contributed by atoms with Crippen molar-refractivity contribution in [2.24, 2.45) is 0 Å². The van der Waals surface area contributed by atoms with Gasteiger partial charge in [-0.15, -0.1) is 24.7 Å². The molecule has 20 heavy (non-hydrogen) atoms. The van der Waals surface area contributed by atoms with Crippen LogP contribution in [0.3, 0.4) is 0 Å². The lowest BCUT2D eigenvalue weighted by Gasteiger charge is -1.92. The van der Waals surface area contributed by atoms with Crippen molar-refractivity contribution in [1.29, 1.82) is 0 Å². The normalized spacial score (nSPS) is 8.80. The largest absolute Gasteiger partial charge is 0.207 e. The van der Waals surface area contributed by atoms with Gasteiger partial charge in [-0.25, -0.2) is 8.78 Å². The van der Waals surface area contributed by atoms with Crippen molar-refractivity contribution in [2.45, 2.75) is 12.8 Å². The Hall–Kier alpha value is -2.58. The van der Waals surface area contributed by atoms with Crippen LogP contribution in [0.25, 0.3) is 0 Å². The summed E-state index contributed by atoms with van der Waals surface area (Å²) in [6.07, 6.45) is 11.2. The highest BCUT2D eigenvalue weighted by molar-refractivity contribution is 5.20. The zero-order valence-electron chi connectivity index (χ0n) is 10.9. The zero-order valence-corrected chi connectivity index (χ0v) is 10.9. The van der Waals surface area contributed by atoms with E-state index in [9.17, 15) is 8.78 Å². The molecule has 2 aromatic rings. The molecule has 2 rings (SSSR count). The van der Waals surface area contributed by atoms with E-state index in [1.54, 1.807) is 24.3 Å². The smallest absolute Gasteiger partial charge is 0.123 e. The summed E-state index contributed by atoms with van der Waals surface area (Å²) in [6.45, 7) is 0. The van der Waals surface area contributed by atoms with Crippen molar-refractivity contribution >= 4 is 0 Å². The second-order valence-corrected chi connectivity index (χ2v) is 4.01. The summed E-state index contributed by atoms with van der Waals surface area (Å²) in [6, 6.07) is 12.4. The third-order valence-electron chi connectivity index (χ3n) is 2.44. The highest BCUT2D eigenvalue weighted by Gasteiger charge is 1.90. The van der Waals surface area contributed by atoms with Gasteiger partial charge >= 0.3 is 0 Å². The Labute approximate surface area is 118 Å². The molecule has 0 radical (unpaired) electrons. The first-order valence-corrected chi connectivity index (χ1v) is 6.01. The fourth-order valence-corrected chi connectivity index (χ4v) is 1.44. The van der Waals surface area contributed by atoms with E-state index in [4.69, 9.17) is 12.8 Å². The average Bonchev–Trinajstić information content (AvgIpc) is 2.45. The summed E-state index contributed by atoms with van der Waals surface area (Å²) >= 11 is 0. The molecule has 0 aliphatic rings. The van der Waals surface area contributed by atoms with Gasteiger partial charge in [0.05, 0.1) is 0 Å². The van der Waals surface area contributed by atoms with E-state index >= 15 is 0 Å². The Bertz CT molecular complexity index is 538. The predicted octanol–water partition coefficient (Wildman–Crippen LogP) is 4.00. The third-order valence-corrected chi connectivity index (χ3v) is 2.44. The molecule has 0 bridgehead atoms. The van der Waals surface area contributed by atoms with E-state index in [-0.39, 0.29) is 11.6 Å². The molecule has 0 saturated carbocycles. The molecular weight excluding hydrogens is 254 g/mol. The van der Waals surface area contributed by atoms with E-state index in [1.807, 2.05) is 0 Å². The topological polar surface area (TPSA) is 0 Å². The minimum Gasteiger partial charge on any atom is -0.207 e. The van der Waals surface area contributed by atoms with E-state index in [0.29, 0.717) is 12.8 Å². The van der Waals surface area contributed by atoms with Gasteiger partial charge in [0.25, 0.3) is 0 Å². The van der Waals surface area contributed by atoms with Crippen LogP contribution in [-0.4, -0.2) is 0 Å². The molecule has 2 heteroatoms. The van der Waals surface area contributed by atoms with Crippen molar-refractivity contribution in [3.8, 4) is 24.7 Å². The number of benzene rings is 2. The minimum atomic E-state index is -0.222. The molecule has 0 N–H and O–H groups in total. The van der Waals surface area contributed by atoms with Crippen molar-refractivity contribution < 1.29 is 8.78 Å². The summed E-state index contributed by atoms with van der Waals surface area (Å²) < 4.78 is 24.6. The van der Waals surface area contributed by atoms with Gasteiger partial charge in [-0.1, -0.05) is 24.3 Å². The number of terminal acetylenes is 2. The molecule has 0 atom stereocenters. The monoisotopic (exact) mass is 268 g/mol. The lowest BCUT2D eigenvalue weighted by Crippen LogP contribution is -1.80. The lowest BCUT2D eigenvalue weighted by atomic mass is 10.2. The van der Waals surface area contributed by atoms with E-state index < -0.39 is 0 Å². The van der Waals surface area contributed by atoms with Crippen LogP contribution < -0.4 is 0 Å². The maximum Gasteiger partial charge on any atom is 0.123 e. The molecule has 0 spiro atoms. The molecule has 0 saturated heterocycles. The first kappa shape index (κ1) is 15.5. The summed E-state index contributed by atoms with van der Waals surface area (Å²) in [5.74, 6) is 4.52. The van der Waals surface area contributed by atoms with E-state index in [2.05, 4.69) is 11.8 Å². The van der Waals surface area contributed by atoms with Crippen molar-refractivity contribution in [1.82, 2.24) is 0 Å². The first-order chi connectivity index (χ1) is 9.65. The van der Waals surface area contributed by atoms with Gasteiger partial charge in [0.2, 0.25) is 0 Å². The molecular formula is C18H14F2. The molecule has 0 amide bonds. The van der Waals surface area contributed by atoms with Gasteiger partial charge in [0.15, 0.2) is 0 Å². The van der Waals surface area contributed by atoms with Crippen LogP contribution in [0.4, 0.5) is 8.78 Å². The number of hydrogen-bond acceptors (Lipinski definition) is 0. The van der Waals surface area contributed by atoms with Gasteiger partial charge in [0.1, 0.15) is 11.6 Å². The van der Waals surface area contributed by atoms with Gasteiger partial charge in [-0.3, -0.25) is 0 Å². The number of hydrogen-bond donors (Lipinski definition) is 0. The van der Waals surface area contributed by atoms with Crippen LogP contribution in [0.1, 0.15) is 11.1 Å². The third kappa shape index (κ3) is 5.85. The predicted molar refractivity (Wildman–Crippen MR) is 77.9 cm³/mol. The van der Waals surface area contributed by atoms with Gasteiger partial charge < -0.3 is 0 Å². The molecule has 0 fully saturated rings. The van der Waals surface area contributed by atoms with Crippen molar-refractivity contribution in [2.75, 3.05) is 0 Å². The summed E-state index contributed by atoms with van der Waals surface area (Å²) in [5, 5.41) is 0. The highest BCUT2D eigenvalue weighted by atomic mass is 19.1. The molecule has 0 heterocycles. The van der Waals surface area contributed by atoms with E-state index in [1.165, 1.54) is 24.3 Å². The molecule has 2 aromatic carbocycles. The Morgan fingerprint density at radius 2 is 0.950 bits per heavy atom. The fraction of sp³-hybridized carbons (Fsp3) is 0.111. The standard InChI is InChI=1S/2C9H7F/c2*1-2-3-8-4-6-9(10)7-5-8/h2*1,4-7H,3H2. The van der Waals surface area contributed by atoms with Crippen molar-refractivity contribution in [3.63, 3.8) is 0 Å².